The van der Waals surface area contributed by atoms with Crippen LogP contribution in [0.2, 0.25) is 0 Å². The summed E-state index contributed by atoms with van der Waals surface area (Å²) in [5, 5.41) is 0. The van der Waals surface area contributed by atoms with E-state index in [0.717, 1.165) is 19.3 Å². The van der Waals surface area contributed by atoms with Crippen LogP contribution in [-0.4, -0.2) is 12.3 Å². The molecule has 0 spiro atoms. The number of nitrogens with zero attached hydrogens (tertiary/aromatic N) is 3. The van der Waals surface area contributed by atoms with Crippen LogP contribution in [0.4, 0.5) is 45.5 Å². The first-order chi connectivity index (χ1) is 46.1. The van der Waals surface area contributed by atoms with E-state index in [1.54, 1.807) is 0 Å². The van der Waals surface area contributed by atoms with Gasteiger partial charge in [-0.1, -0.05) is 302 Å². The Morgan fingerprint density at radius 3 is 1.17 bits per heavy atom. The smallest absolute Gasteiger partial charge is 0.252 e. The molecule has 3 heterocycles. The highest BCUT2D eigenvalue weighted by molar-refractivity contribution is 7.00. The molecule has 14 rings (SSSR count). The summed E-state index contributed by atoms with van der Waals surface area (Å²) in [4.78, 5) is 8.32. The van der Waals surface area contributed by atoms with E-state index in [1.807, 2.05) is 0 Å². The lowest BCUT2D eigenvalue weighted by molar-refractivity contribution is 0.195. The SMILES string of the molecule is CC(C)(C)c1ccc(CC(c2ccc(C(C)(C)C)cc2)c2ccc3c(c2)C2(C)CCCCC2(C)N3c2cc3c4c(c2)N(c2ccc(C(C)(C)C)cc2-c2ccccc2)c2ccc(C(C)(C)C)cc2B4c2cc(C(C)(C)C)ccc2N3c2ccc(C(C)(C)C)cc2-c2ccccc2)cc1. The largest absolute Gasteiger partial charge is 0.334 e. The predicted molar refractivity (Wildman–Crippen MR) is 425 cm³/mol. The van der Waals surface area contributed by atoms with E-state index in [1.165, 1.54) is 153 Å². The van der Waals surface area contributed by atoms with Crippen LogP contribution in [0.5, 0.6) is 0 Å². The monoisotopic (exact) mass is 1290 g/mol. The van der Waals surface area contributed by atoms with Crippen LogP contribution in [0.15, 0.2) is 212 Å². The molecule has 0 saturated heterocycles. The molecule has 0 N–H and O–H groups in total. The van der Waals surface area contributed by atoms with Crippen molar-refractivity contribution in [2.45, 2.75) is 220 Å². The Labute approximate surface area is 589 Å². The molecule has 3 atom stereocenters. The first-order valence-electron chi connectivity index (χ1n) is 36.7. The molecule has 3 aliphatic heterocycles. The van der Waals surface area contributed by atoms with E-state index < -0.39 is 0 Å². The zero-order valence-corrected chi connectivity index (χ0v) is 62.7. The molecule has 0 radical (unpaired) electrons. The minimum Gasteiger partial charge on any atom is -0.334 e. The van der Waals surface area contributed by atoms with E-state index >= 15 is 0 Å². The molecule has 4 aliphatic rings. The number of hydrogen-bond donors (Lipinski definition) is 0. The van der Waals surface area contributed by atoms with Gasteiger partial charge < -0.3 is 14.7 Å². The molecule has 98 heavy (non-hydrogen) atoms. The Morgan fingerprint density at radius 2 is 0.735 bits per heavy atom. The number of anilines is 8. The summed E-state index contributed by atoms with van der Waals surface area (Å²) in [6.45, 7) is 47.6. The molecule has 1 saturated carbocycles. The summed E-state index contributed by atoms with van der Waals surface area (Å²) in [5.41, 5.74) is 31.7. The van der Waals surface area contributed by atoms with E-state index in [-0.39, 0.29) is 56.1 Å². The van der Waals surface area contributed by atoms with E-state index in [0.29, 0.717) is 0 Å². The predicted octanol–water partition coefficient (Wildman–Crippen LogP) is 24.0. The molecule has 0 bridgehead atoms. The molecule has 3 unspecified atom stereocenters. The van der Waals surface area contributed by atoms with Crippen molar-refractivity contribution >= 4 is 68.6 Å². The molecule has 500 valence electrons. The highest BCUT2D eigenvalue weighted by Gasteiger charge is 2.58. The van der Waals surface area contributed by atoms with Crippen LogP contribution in [0.3, 0.4) is 0 Å². The maximum atomic E-state index is 2.88. The lowest BCUT2D eigenvalue weighted by Gasteiger charge is -2.51. The molecule has 10 aromatic carbocycles. The summed E-state index contributed by atoms with van der Waals surface area (Å²) in [7, 11) is 0. The number of hydrogen-bond acceptors (Lipinski definition) is 3. The maximum absolute atomic E-state index is 2.88. The molecular weight excluding hydrogens is 1180 g/mol. The van der Waals surface area contributed by atoms with Crippen LogP contribution in [0.1, 0.15) is 226 Å². The summed E-state index contributed by atoms with van der Waals surface area (Å²) < 4.78 is 0. The van der Waals surface area contributed by atoms with Crippen molar-refractivity contribution in [3.8, 4) is 22.3 Å². The van der Waals surface area contributed by atoms with Crippen molar-refractivity contribution in [1.29, 1.82) is 0 Å². The molecule has 4 heteroatoms. The first-order valence-corrected chi connectivity index (χ1v) is 36.7. The molecular formula is C94H106BN3. The van der Waals surface area contributed by atoms with Crippen LogP contribution in [-0.2, 0) is 44.3 Å². The third-order valence-electron chi connectivity index (χ3n) is 23.4. The van der Waals surface area contributed by atoms with Gasteiger partial charge in [-0.3, -0.25) is 0 Å². The molecule has 3 nitrogen and oxygen atoms in total. The molecule has 1 aliphatic carbocycles. The van der Waals surface area contributed by atoms with Gasteiger partial charge in [-0.05, 0) is 196 Å². The Bertz CT molecular complexity index is 4490. The normalized spacial score (nSPS) is 18.0. The zero-order valence-electron chi connectivity index (χ0n) is 62.7. The van der Waals surface area contributed by atoms with Gasteiger partial charge in [-0.2, -0.15) is 0 Å². The fraction of sp³-hybridized carbons (Fsp3) is 0.362. The van der Waals surface area contributed by atoms with Crippen molar-refractivity contribution < 1.29 is 0 Å². The second kappa shape index (κ2) is 23.7. The molecule has 0 amide bonds. The van der Waals surface area contributed by atoms with Crippen LogP contribution >= 0.6 is 0 Å². The highest BCUT2D eigenvalue weighted by atomic mass is 15.3. The second-order valence-electron chi connectivity index (χ2n) is 36.2. The number of rotatable bonds is 9. The molecule has 1 fully saturated rings. The van der Waals surface area contributed by atoms with Crippen LogP contribution in [0, 0.1) is 0 Å². The van der Waals surface area contributed by atoms with Crippen LogP contribution < -0.4 is 31.1 Å². The minimum absolute atomic E-state index is 0.0541. The summed E-state index contributed by atoms with van der Waals surface area (Å²) >= 11 is 0. The third kappa shape index (κ3) is 11.6. The van der Waals surface area contributed by atoms with Crippen LogP contribution in [0.25, 0.3) is 22.3 Å². The standard InChI is InChI=1S/C94H106BN3/c1-87(2,3)66-38-33-61(34-39-66)53-73(64-35-40-67(41-36-64)88(4,5)6)65-37-46-81-76(54-65)93(19)51-27-28-52-94(93,20)98(81)72-59-84-86-85(60-72)97(80-48-43-69(90(10,11)12)56-75(80)63-31-25-22-26-32-63)83-50-45-71(92(16,17)18)58-78(83)95(86)77-57-70(91(13,14)15)44-49-82(77)96(84)79-47-42-68(89(7,8)9)55-74(79)62-29-23-21-24-30-62/h21-26,29-50,54-60,73H,27-28,51-53H2,1-20H3. The van der Waals surface area contributed by atoms with Gasteiger partial charge in [-0.15, -0.1) is 0 Å². The fourth-order valence-electron chi connectivity index (χ4n) is 17.1. The van der Waals surface area contributed by atoms with Gasteiger partial charge in [0.1, 0.15) is 0 Å². The van der Waals surface area contributed by atoms with E-state index in [9.17, 15) is 0 Å². The number of benzene rings is 10. The minimum atomic E-state index is -0.273. The lowest BCUT2D eigenvalue weighted by atomic mass is 9.33. The third-order valence-corrected chi connectivity index (χ3v) is 23.4. The Balaban J connectivity index is 1.09. The van der Waals surface area contributed by atoms with Gasteiger partial charge in [0.25, 0.3) is 6.71 Å². The Kier molecular flexibility index (Phi) is 16.2. The maximum Gasteiger partial charge on any atom is 0.252 e. The summed E-state index contributed by atoms with van der Waals surface area (Å²) in [6, 6.07) is 84.6. The van der Waals surface area contributed by atoms with Gasteiger partial charge in [0.2, 0.25) is 0 Å². The first kappa shape index (κ1) is 66.9. The second-order valence-corrected chi connectivity index (χ2v) is 36.2. The average Bonchev–Trinajstić information content (AvgIpc) is 1.12. The van der Waals surface area contributed by atoms with E-state index in [4.69, 9.17) is 0 Å². The van der Waals surface area contributed by atoms with Gasteiger partial charge >= 0.3 is 0 Å². The summed E-state index contributed by atoms with van der Waals surface area (Å²) in [6.07, 6.45) is 5.46. The zero-order chi connectivity index (χ0) is 69.6. The quantitative estimate of drug-likeness (QED) is 0.133. The van der Waals surface area contributed by atoms with Crippen molar-refractivity contribution in [1.82, 2.24) is 0 Å². The molecule has 0 aromatic heterocycles. The van der Waals surface area contributed by atoms with Crippen molar-refractivity contribution in [3.05, 3.63) is 268 Å². The van der Waals surface area contributed by atoms with Crippen molar-refractivity contribution in [2.75, 3.05) is 14.7 Å². The van der Waals surface area contributed by atoms with Gasteiger partial charge in [-0.25, -0.2) is 0 Å². The molecule has 10 aromatic rings. The highest BCUT2D eigenvalue weighted by Crippen LogP contribution is 2.63. The topological polar surface area (TPSA) is 9.72 Å². The number of fused-ring (bicyclic) bond motifs is 7. The van der Waals surface area contributed by atoms with Gasteiger partial charge in [0, 0.05) is 56.6 Å². The van der Waals surface area contributed by atoms with E-state index in [2.05, 4.69) is 365 Å². The fourth-order valence-corrected chi connectivity index (χ4v) is 17.1. The average molecular weight is 1290 g/mol. The van der Waals surface area contributed by atoms with Crippen molar-refractivity contribution in [2.24, 2.45) is 0 Å². The van der Waals surface area contributed by atoms with Gasteiger partial charge in [0.05, 0.1) is 16.9 Å². The summed E-state index contributed by atoms with van der Waals surface area (Å²) in [5.74, 6) is 0.152. The Hall–Kier alpha value is -8.34. The van der Waals surface area contributed by atoms with Gasteiger partial charge in [0.15, 0.2) is 0 Å². The Morgan fingerprint density at radius 1 is 0.357 bits per heavy atom. The lowest BCUT2D eigenvalue weighted by Crippen LogP contribution is -2.62. The van der Waals surface area contributed by atoms with Crippen molar-refractivity contribution in [3.63, 3.8) is 0 Å².